The Labute approximate surface area is 127 Å². The number of nitrogens with zero attached hydrogens (tertiary/aromatic N) is 1. The summed E-state index contributed by atoms with van der Waals surface area (Å²) in [6.45, 7) is 5.36. The number of nitrogens with one attached hydrogen (secondary N) is 2. The second-order valence-corrected chi connectivity index (χ2v) is 5.93. The number of H-pyrrole nitrogens is 1. The maximum Gasteiger partial charge on any atom is 0.412 e. The molecule has 1 aromatic carbocycles. The monoisotopic (exact) mass is 308 g/mol. The van der Waals surface area contributed by atoms with Crippen LogP contribution in [0.1, 0.15) is 20.8 Å². The molecule has 21 heavy (non-hydrogen) atoms. The van der Waals surface area contributed by atoms with E-state index in [9.17, 15) is 4.79 Å². The Morgan fingerprint density at radius 1 is 1.43 bits per heavy atom. The zero-order valence-corrected chi connectivity index (χ0v) is 12.8. The van der Waals surface area contributed by atoms with Gasteiger partial charge in [-0.3, -0.25) is 10.4 Å². The lowest BCUT2D eigenvalue weighted by atomic mass is 10.1. The second-order valence-electron chi connectivity index (χ2n) is 5.52. The molecule has 1 heterocycles. The molecule has 0 bridgehead atoms. The third kappa shape index (κ3) is 3.88. The van der Waals surface area contributed by atoms with Crippen molar-refractivity contribution in [2.24, 2.45) is 0 Å². The summed E-state index contributed by atoms with van der Waals surface area (Å²) in [5.74, 6) is 0. The molecule has 0 saturated carbocycles. The molecule has 2 rings (SSSR count). The van der Waals surface area contributed by atoms with Gasteiger partial charge in [0.05, 0.1) is 28.3 Å². The molecule has 4 N–H and O–H groups in total. The molecular weight excluding hydrogens is 292 g/mol. The van der Waals surface area contributed by atoms with Crippen molar-refractivity contribution in [1.82, 2.24) is 10.2 Å². The molecule has 6 nitrogen and oxygen atoms in total. The number of hydrogen-bond acceptors (Lipinski definition) is 4. The van der Waals surface area contributed by atoms with E-state index in [0.717, 1.165) is 5.56 Å². The molecule has 0 fully saturated rings. The number of ether oxygens (including phenoxy) is 1. The normalized spacial score (nSPS) is 11.2. The van der Waals surface area contributed by atoms with Crippen molar-refractivity contribution in [3.8, 4) is 11.3 Å². The summed E-state index contributed by atoms with van der Waals surface area (Å²) < 4.78 is 5.20. The molecule has 1 aromatic heterocycles. The SMILES string of the molecule is CC(C)(C)OC(=O)Nc1cc(-c2[nH]ncc2N)ccc1Cl. The number of halogens is 1. The Balaban J connectivity index is 2.24. The van der Waals surface area contributed by atoms with Gasteiger partial charge in [-0.2, -0.15) is 5.10 Å². The van der Waals surface area contributed by atoms with Crippen LogP contribution in [0.2, 0.25) is 5.02 Å². The second kappa shape index (κ2) is 5.65. The van der Waals surface area contributed by atoms with Crippen LogP contribution in [-0.2, 0) is 4.74 Å². The molecule has 0 saturated heterocycles. The van der Waals surface area contributed by atoms with Gasteiger partial charge in [-0.1, -0.05) is 17.7 Å². The van der Waals surface area contributed by atoms with E-state index >= 15 is 0 Å². The van der Waals surface area contributed by atoms with Gasteiger partial charge in [-0.05, 0) is 32.9 Å². The number of rotatable bonds is 2. The average molecular weight is 309 g/mol. The van der Waals surface area contributed by atoms with Crippen LogP contribution in [0.5, 0.6) is 0 Å². The summed E-state index contributed by atoms with van der Waals surface area (Å²) in [6.07, 6.45) is 0.949. The third-order valence-corrected chi connectivity index (χ3v) is 2.89. The Morgan fingerprint density at radius 2 is 2.14 bits per heavy atom. The van der Waals surface area contributed by atoms with E-state index in [1.165, 1.54) is 6.20 Å². The van der Waals surface area contributed by atoms with Crippen LogP contribution in [0.25, 0.3) is 11.3 Å². The molecular formula is C14H17ClN4O2. The van der Waals surface area contributed by atoms with Crippen LogP contribution in [0.15, 0.2) is 24.4 Å². The van der Waals surface area contributed by atoms with Crippen molar-refractivity contribution in [1.29, 1.82) is 0 Å². The smallest absolute Gasteiger partial charge is 0.412 e. The largest absolute Gasteiger partial charge is 0.444 e. The Bertz CT molecular complexity index is 661. The van der Waals surface area contributed by atoms with E-state index in [-0.39, 0.29) is 0 Å². The minimum atomic E-state index is -0.581. The first kappa shape index (κ1) is 15.2. The third-order valence-electron chi connectivity index (χ3n) is 2.56. The quantitative estimate of drug-likeness (QED) is 0.789. The fourth-order valence-electron chi connectivity index (χ4n) is 1.72. The van der Waals surface area contributed by atoms with Crippen LogP contribution < -0.4 is 11.1 Å². The zero-order chi connectivity index (χ0) is 15.6. The Morgan fingerprint density at radius 3 is 2.71 bits per heavy atom. The van der Waals surface area contributed by atoms with Crippen LogP contribution in [-0.4, -0.2) is 21.9 Å². The van der Waals surface area contributed by atoms with E-state index in [0.29, 0.717) is 22.1 Å². The summed E-state index contributed by atoms with van der Waals surface area (Å²) in [7, 11) is 0. The first-order valence-electron chi connectivity index (χ1n) is 6.35. The molecule has 0 unspecified atom stereocenters. The van der Waals surface area contributed by atoms with Crippen molar-refractivity contribution in [2.75, 3.05) is 11.1 Å². The van der Waals surface area contributed by atoms with Crippen molar-refractivity contribution >= 4 is 29.1 Å². The number of nitrogen functional groups attached to an aromatic ring is 1. The number of nitrogens with two attached hydrogens (primary N) is 1. The number of amides is 1. The number of aromatic amines is 1. The van der Waals surface area contributed by atoms with E-state index in [1.54, 1.807) is 39.0 Å². The van der Waals surface area contributed by atoms with Crippen LogP contribution >= 0.6 is 11.6 Å². The molecule has 0 radical (unpaired) electrons. The van der Waals surface area contributed by atoms with Crippen molar-refractivity contribution < 1.29 is 9.53 Å². The number of aromatic nitrogens is 2. The number of carbonyl (C=O) groups excluding carboxylic acids is 1. The number of anilines is 2. The van der Waals surface area contributed by atoms with Gasteiger partial charge in [0.25, 0.3) is 0 Å². The fraction of sp³-hybridized carbons (Fsp3) is 0.286. The van der Waals surface area contributed by atoms with Gasteiger partial charge in [-0.15, -0.1) is 0 Å². The minimum Gasteiger partial charge on any atom is -0.444 e. The van der Waals surface area contributed by atoms with Crippen molar-refractivity contribution in [2.45, 2.75) is 26.4 Å². The van der Waals surface area contributed by atoms with Gasteiger partial charge < -0.3 is 10.5 Å². The predicted molar refractivity (Wildman–Crippen MR) is 83.3 cm³/mol. The molecule has 0 atom stereocenters. The molecule has 0 aliphatic rings. The lowest BCUT2D eigenvalue weighted by Crippen LogP contribution is -2.27. The highest BCUT2D eigenvalue weighted by Crippen LogP contribution is 2.30. The van der Waals surface area contributed by atoms with Gasteiger partial charge in [0.15, 0.2) is 0 Å². The van der Waals surface area contributed by atoms with Gasteiger partial charge >= 0.3 is 6.09 Å². The topological polar surface area (TPSA) is 93.0 Å². The lowest BCUT2D eigenvalue weighted by Gasteiger charge is -2.20. The van der Waals surface area contributed by atoms with Gasteiger partial charge in [0.1, 0.15) is 5.60 Å². The molecule has 7 heteroatoms. The molecule has 1 amide bonds. The highest BCUT2D eigenvalue weighted by Gasteiger charge is 2.17. The zero-order valence-electron chi connectivity index (χ0n) is 12.0. The summed E-state index contributed by atoms with van der Waals surface area (Å²) in [5.41, 5.74) is 7.61. The van der Waals surface area contributed by atoms with E-state index in [4.69, 9.17) is 22.1 Å². The number of hydrogen-bond donors (Lipinski definition) is 3. The summed E-state index contributed by atoms with van der Waals surface area (Å²) in [5, 5.41) is 9.69. The molecule has 0 aliphatic carbocycles. The molecule has 2 aromatic rings. The maximum atomic E-state index is 11.8. The summed E-state index contributed by atoms with van der Waals surface area (Å²) in [6, 6.07) is 5.16. The standard InChI is InChI=1S/C14H17ClN4O2/c1-14(2,3)21-13(20)18-11-6-8(4-5-9(11)15)12-10(16)7-17-19-12/h4-7H,16H2,1-3H3,(H,17,19)(H,18,20). The highest BCUT2D eigenvalue weighted by atomic mass is 35.5. The number of carbonyl (C=O) groups is 1. The Hall–Kier alpha value is -2.21. The van der Waals surface area contributed by atoms with Gasteiger partial charge in [0.2, 0.25) is 0 Å². The first-order chi connectivity index (χ1) is 9.76. The van der Waals surface area contributed by atoms with Crippen molar-refractivity contribution in [3.63, 3.8) is 0 Å². The van der Waals surface area contributed by atoms with Crippen LogP contribution in [0, 0.1) is 0 Å². The fourth-order valence-corrected chi connectivity index (χ4v) is 1.88. The lowest BCUT2D eigenvalue weighted by molar-refractivity contribution is 0.0636. The van der Waals surface area contributed by atoms with Crippen molar-refractivity contribution in [3.05, 3.63) is 29.4 Å². The molecule has 112 valence electrons. The minimum absolute atomic E-state index is 0.405. The van der Waals surface area contributed by atoms with Crippen LogP contribution in [0.3, 0.4) is 0 Å². The van der Waals surface area contributed by atoms with E-state index < -0.39 is 11.7 Å². The molecule has 0 spiro atoms. The summed E-state index contributed by atoms with van der Waals surface area (Å²) in [4.78, 5) is 11.8. The highest BCUT2D eigenvalue weighted by molar-refractivity contribution is 6.33. The van der Waals surface area contributed by atoms with Gasteiger partial charge in [0, 0.05) is 5.56 Å². The van der Waals surface area contributed by atoms with Crippen LogP contribution in [0.4, 0.5) is 16.2 Å². The average Bonchev–Trinajstić information content (AvgIpc) is 2.76. The number of benzene rings is 1. The van der Waals surface area contributed by atoms with E-state index in [1.807, 2.05) is 0 Å². The summed E-state index contributed by atoms with van der Waals surface area (Å²) >= 11 is 6.09. The Kier molecular flexibility index (Phi) is 4.09. The predicted octanol–water partition coefficient (Wildman–Crippen LogP) is 3.66. The van der Waals surface area contributed by atoms with E-state index in [2.05, 4.69) is 15.5 Å². The maximum absolute atomic E-state index is 11.8. The first-order valence-corrected chi connectivity index (χ1v) is 6.73. The molecule has 0 aliphatic heterocycles. The van der Waals surface area contributed by atoms with Gasteiger partial charge in [-0.25, -0.2) is 4.79 Å².